The van der Waals surface area contributed by atoms with Crippen molar-refractivity contribution in [3.05, 3.63) is 0 Å². The third-order valence-corrected chi connectivity index (χ3v) is 3.59. The van der Waals surface area contributed by atoms with Gasteiger partial charge in [0.25, 0.3) is 0 Å². The van der Waals surface area contributed by atoms with E-state index in [1.165, 1.54) is 0 Å². The predicted octanol–water partition coefficient (Wildman–Crippen LogP) is 3.22. The standard InChI is InChI=1S/C17H38N2O2/c1-9-17(8,19)13-16(6,7)21-11-10-20-15(4,5)12-14(2,3)18/h9-13,18-19H2,1-8H3. The molecule has 0 aromatic rings. The summed E-state index contributed by atoms with van der Waals surface area (Å²) < 4.78 is 11.9. The average Bonchev–Trinajstić information content (AvgIpc) is 2.20. The van der Waals surface area contributed by atoms with Crippen LogP contribution in [0, 0.1) is 0 Å². The average molecular weight is 303 g/mol. The minimum absolute atomic E-state index is 0.187. The first-order chi connectivity index (χ1) is 9.18. The van der Waals surface area contributed by atoms with Gasteiger partial charge >= 0.3 is 0 Å². The van der Waals surface area contributed by atoms with E-state index in [4.69, 9.17) is 20.9 Å². The summed E-state index contributed by atoms with van der Waals surface area (Å²) in [6.07, 6.45) is 2.57. The van der Waals surface area contributed by atoms with Crippen LogP contribution in [0.3, 0.4) is 0 Å². The van der Waals surface area contributed by atoms with Crippen LogP contribution in [0.4, 0.5) is 0 Å². The SMILES string of the molecule is CCC(C)(N)CC(C)(C)OCCOC(C)(C)CC(C)(C)N. The van der Waals surface area contributed by atoms with Crippen molar-refractivity contribution in [2.45, 2.75) is 96.9 Å². The van der Waals surface area contributed by atoms with Crippen LogP contribution in [-0.4, -0.2) is 35.5 Å². The highest BCUT2D eigenvalue weighted by Gasteiger charge is 2.29. The normalized spacial score (nSPS) is 16.9. The van der Waals surface area contributed by atoms with E-state index in [1.54, 1.807) is 0 Å². The van der Waals surface area contributed by atoms with Gasteiger partial charge in [0.15, 0.2) is 0 Å². The Morgan fingerprint density at radius 3 is 1.43 bits per heavy atom. The lowest BCUT2D eigenvalue weighted by Gasteiger charge is -2.35. The van der Waals surface area contributed by atoms with E-state index in [9.17, 15) is 0 Å². The van der Waals surface area contributed by atoms with Crippen molar-refractivity contribution < 1.29 is 9.47 Å². The molecule has 4 N–H and O–H groups in total. The minimum Gasteiger partial charge on any atom is -0.373 e. The molecule has 1 unspecified atom stereocenters. The van der Waals surface area contributed by atoms with Gasteiger partial charge in [0.05, 0.1) is 24.4 Å². The monoisotopic (exact) mass is 302 g/mol. The molecule has 128 valence electrons. The van der Waals surface area contributed by atoms with E-state index in [0.717, 1.165) is 19.3 Å². The third-order valence-electron chi connectivity index (χ3n) is 3.59. The summed E-state index contributed by atoms with van der Waals surface area (Å²) in [7, 11) is 0. The number of hydrogen-bond acceptors (Lipinski definition) is 4. The number of ether oxygens (including phenoxy) is 2. The van der Waals surface area contributed by atoms with Crippen molar-refractivity contribution in [2.24, 2.45) is 11.5 Å². The Balaban J connectivity index is 4.14. The molecule has 0 aliphatic carbocycles. The second-order valence-electron chi connectivity index (χ2n) is 8.57. The Morgan fingerprint density at radius 1 is 0.714 bits per heavy atom. The maximum Gasteiger partial charge on any atom is 0.0708 e. The molecule has 1 atom stereocenters. The summed E-state index contributed by atoms with van der Waals surface area (Å²) in [6.45, 7) is 17.7. The zero-order valence-electron chi connectivity index (χ0n) is 15.5. The number of nitrogens with two attached hydrogens (primary N) is 2. The Kier molecular flexibility index (Phi) is 7.35. The van der Waals surface area contributed by atoms with Crippen LogP contribution in [0.1, 0.15) is 74.7 Å². The zero-order valence-corrected chi connectivity index (χ0v) is 15.5. The van der Waals surface area contributed by atoms with Gasteiger partial charge in [0.1, 0.15) is 0 Å². The first kappa shape index (κ1) is 20.8. The summed E-state index contributed by atoms with van der Waals surface area (Å²) >= 11 is 0. The quantitative estimate of drug-likeness (QED) is 0.608. The lowest BCUT2D eigenvalue weighted by Crippen LogP contribution is -2.44. The highest BCUT2D eigenvalue weighted by molar-refractivity contribution is 4.86. The molecule has 0 heterocycles. The molecule has 0 bridgehead atoms. The molecule has 21 heavy (non-hydrogen) atoms. The lowest BCUT2D eigenvalue weighted by atomic mass is 9.86. The van der Waals surface area contributed by atoms with E-state index in [1.807, 2.05) is 13.8 Å². The van der Waals surface area contributed by atoms with Gasteiger partial charge in [-0.15, -0.1) is 0 Å². The van der Waals surface area contributed by atoms with Gasteiger partial charge in [-0.05, 0) is 67.7 Å². The molecule has 0 aromatic carbocycles. The van der Waals surface area contributed by atoms with Crippen LogP contribution in [0.2, 0.25) is 0 Å². The molecule has 4 heteroatoms. The largest absolute Gasteiger partial charge is 0.373 e. The fraction of sp³-hybridized carbons (Fsp3) is 1.00. The van der Waals surface area contributed by atoms with Crippen molar-refractivity contribution in [3.63, 3.8) is 0 Å². The van der Waals surface area contributed by atoms with Gasteiger partial charge in [-0.2, -0.15) is 0 Å². The van der Waals surface area contributed by atoms with Crippen LogP contribution in [0.15, 0.2) is 0 Å². The van der Waals surface area contributed by atoms with Crippen molar-refractivity contribution in [1.29, 1.82) is 0 Å². The first-order valence-electron chi connectivity index (χ1n) is 8.04. The Labute approximate surface area is 131 Å². The zero-order chi connectivity index (χ0) is 16.9. The van der Waals surface area contributed by atoms with E-state index in [2.05, 4.69) is 41.5 Å². The van der Waals surface area contributed by atoms with Crippen molar-refractivity contribution in [3.8, 4) is 0 Å². The summed E-state index contributed by atoms with van der Waals surface area (Å²) in [4.78, 5) is 0. The van der Waals surface area contributed by atoms with E-state index in [-0.39, 0.29) is 22.3 Å². The maximum atomic E-state index is 6.22. The Morgan fingerprint density at radius 2 is 1.10 bits per heavy atom. The number of rotatable bonds is 10. The second kappa shape index (κ2) is 7.40. The molecule has 0 amide bonds. The lowest BCUT2D eigenvalue weighted by molar-refractivity contribution is -0.0974. The molecule has 0 saturated carbocycles. The molecule has 4 nitrogen and oxygen atoms in total. The van der Waals surface area contributed by atoms with Gasteiger partial charge in [-0.25, -0.2) is 0 Å². The van der Waals surface area contributed by atoms with E-state index in [0.29, 0.717) is 13.2 Å². The fourth-order valence-corrected chi connectivity index (χ4v) is 2.93. The first-order valence-corrected chi connectivity index (χ1v) is 8.04. The van der Waals surface area contributed by atoms with Crippen LogP contribution < -0.4 is 11.5 Å². The van der Waals surface area contributed by atoms with Gasteiger partial charge < -0.3 is 20.9 Å². The highest BCUT2D eigenvalue weighted by Crippen LogP contribution is 2.25. The third kappa shape index (κ3) is 11.1. The van der Waals surface area contributed by atoms with Gasteiger partial charge in [-0.3, -0.25) is 0 Å². The van der Waals surface area contributed by atoms with Crippen molar-refractivity contribution >= 4 is 0 Å². The summed E-state index contributed by atoms with van der Waals surface area (Å²) in [5.41, 5.74) is 11.4. The minimum atomic E-state index is -0.239. The second-order valence-corrected chi connectivity index (χ2v) is 8.57. The van der Waals surface area contributed by atoms with Crippen molar-refractivity contribution in [1.82, 2.24) is 0 Å². The van der Waals surface area contributed by atoms with E-state index < -0.39 is 0 Å². The molecular weight excluding hydrogens is 264 g/mol. The molecule has 0 aliphatic rings. The smallest absolute Gasteiger partial charge is 0.0708 e. The van der Waals surface area contributed by atoms with E-state index >= 15 is 0 Å². The van der Waals surface area contributed by atoms with Crippen LogP contribution in [-0.2, 0) is 9.47 Å². The fourth-order valence-electron chi connectivity index (χ4n) is 2.93. The highest BCUT2D eigenvalue weighted by atomic mass is 16.5. The van der Waals surface area contributed by atoms with Crippen LogP contribution >= 0.6 is 0 Å². The molecule has 0 aliphatic heterocycles. The molecular formula is C17H38N2O2. The number of hydrogen-bond donors (Lipinski definition) is 2. The Hall–Kier alpha value is -0.160. The van der Waals surface area contributed by atoms with Gasteiger partial charge in [0.2, 0.25) is 0 Å². The Bertz CT molecular complexity index is 304. The maximum absolute atomic E-state index is 6.22. The predicted molar refractivity (Wildman–Crippen MR) is 90.4 cm³/mol. The molecule has 0 radical (unpaired) electrons. The molecule has 0 rings (SSSR count). The molecule has 0 saturated heterocycles. The summed E-state index contributed by atoms with van der Waals surface area (Å²) in [5, 5.41) is 0. The van der Waals surface area contributed by atoms with Crippen LogP contribution in [0.5, 0.6) is 0 Å². The molecule has 0 spiro atoms. The summed E-state index contributed by atoms with van der Waals surface area (Å²) in [5.74, 6) is 0. The van der Waals surface area contributed by atoms with Gasteiger partial charge in [-0.1, -0.05) is 6.92 Å². The van der Waals surface area contributed by atoms with Crippen LogP contribution in [0.25, 0.3) is 0 Å². The van der Waals surface area contributed by atoms with Gasteiger partial charge in [0, 0.05) is 11.1 Å². The van der Waals surface area contributed by atoms with Crippen molar-refractivity contribution in [2.75, 3.05) is 13.2 Å². The summed E-state index contributed by atoms with van der Waals surface area (Å²) in [6, 6.07) is 0. The molecule has 0 aromatic heterocycles. The molecule has 0 fully saturated rings. The topological polar surface area (TPSA) is 70.5 Å².